The van der Waals surface area contributed by atoms with Crippen molar-refractivity contribution in [2.24, 2.45) is 0 Å². The molecular weight excluding hydrogens is 366 g/mol. The Hall–Kier alpha value is -2.56. The van der Waals surface area contributed by atoms with E-state index in [2.05, 4.69) is 37.3 Å². The van der Waals surface area contributed by atoms with Crippen LogP contribution in [-0.2, 0) is 14.3 Å². The summed E-state index contributed by atoms with van der Waals surface area (Å²) in [6, 6.07) is 7.87. The van der Waals surface area contributed by atoms with Crippen LogP contribution in [0.5, 0.6) is 0 Å². The van der Waals surface area contributed by atoms with Crippen molar-refractivity contribution in [3.8, 4) is 0 Å². The molecule has 0 spiro atoms. The first-order valence-electron chi connectivity index (χ1n) is 10.8. The number of cyclic esters (lactones) is 1. The van der Waals surface area contributed by atoms with Crippen LogP contribution in [0.4, 0.5) is 4.79 Å². The van der Waals surface area contributed by atoms with Gasteiger partial charge in [-0.05, 0) is 41.5 Å². The maximum Gasteiger partial charge on any atom is 0.413 e. The van der Waals surface area contributed by atoms with Crippen molar-refractivity contribution in [1.29, 1.82) is 0 Å². The number of amides is 1. The highest BCUT2D eigenvalue weighted by atomic mass is 16.6. The van der Waals surface area contributed by atoms with Gasteiger partial charge in [-0.15, -0.1) is 0 Å². The van der Waals surface area contributed by atoms with Gasteiger partial charge in [0.1, 0.15) is 12.6 Å². The second-order valence-electron chi connectivity index (χ2n) is 8.02. The lowest BCUT2D eigenvalue weighted by molar-refractivity contribution is -0.139. The fourth-order valence-electron chi connectivity index (χ4n) is 4.62. The Morgan fingerprint density at radius 1 is 1.24 bits per heavy atom. The van der Waals surface area contributed by atoms with Crippen molar-refractivity contribution in [3.05, 3.63) is 53.1 Å². The predicted octanol–water partition coefficient (Wildman–Crippen LogP) is 5.18. The maximum atomic E-state index is 12.8. The highest BCUT2D eigenvalue weighted by molar-refractivity contribution is 5.84. The van der Waals surface area contributed by atoms with Crippen LogP contribution in [-0.4, -0.2) is 36.3 Å². The molecule has 5 nitrogen and oxygen atoms in total. The fraction of sp³-hybridized carbons (Fsp3) is 0.500. The molecule has 1 heterocycles. The summed E-state index contributed by atoms with van der Waals surface area (Å²) >= 11 is 0. The molecule has 1 fully saturated rings. The lowest BCUT2D eigenvalue weighted by Gasteiger charge is -2.22. The molecular formula is C24H29NO4. The number of carbonyl (C=O) groups is 2. The van der Waals surface area contributed by atoms with Gasteiger partial charge in [0, 0.05) is 5.92 Å². The van der Waals surface area contributed by atoms with E-state index in [1.54, 1.807) is 0 Å². The number of rotatable bonds is 7. The number of ether oxygens (including phenoxy) is 2. The summed E-state index contributed by atoms with van der Waals surface area (Å²) in [7, 11) is 0. The molecule has 4 rings (SSSR count). The van der Waals surface area contributed by atoms with E-state index in [0.717, 1.165) is 38.5 Å². The summed E-state index contributed by atoms with van der Waals surface area (Å²) in [5, 5.41) is 0. The summed E-state index contributed by atoms with van der Waals surface area (Å²) in [6.07, 6.45) is 10.9. The smallest absolute Gasteiger partial charge is 0.413 e. The summed E-state index contributed by atoms with van der Waals surface area (Å²) in [6.45, 7) is 2.43. The standard InChI is InChI=1S/C24H29NO4/c1-2-3-4-5-14-22-23(26)29-16-25(22)24(27)28-15-21-19-12-8-6-10-17(19)18-11-7-9-13-20(18)21/h6,8-10,12-13,21-22H,2-5,7,11,14-16H2,1H3/t21?,22-/m0/s1. The van der Waals surface area contributed by atoms with Crippen molar-refractivity contribution < 1.29 is 19.1 Å². The first kappa shape index (κ1) is 19.7. The number of nitrogens with zero attached hydrogens (tertiary/aromatic N) is 1. The Morgan fingerprint density at radius 3 is 2.97 bits per heavy atom. The zero-order chi connectivity index (χ0) is 20.2. The van der Waals surface area contributed by atoms with Crippen molar-refractivity contribution in [1.82, 2.24) is 4.90 Å². The van der Waals surface area contributed by atoms with Crippen LogP contribution in [0.1, 0.15) is 68.9 Å². The van der Waals surface area contributed by atoms with Crippen LogP contribution in [0.25, 0.3) is 5.57 Å². The molecule has 0 radical (unpaired) electrons. The van der Waals surface area contributed by atoms with Gasteiger partial charge >= 0.3 is 12.1 Å². The van der Waals surface area contributed by atoms with Crippen LogP contribution in [0.2, 0.25) is 0 Å². The van der Waals surface area contributed by atoms with Gasteiger partial charge in [0.2, 0.25) is 0 Å². The van der Waals surface area contributed by atoms with Crippen LogP contribution in [0.15, 0.2) is 42.0 Å². The van der Waals surface area contributed by atoms with Crippen LogP contribution >= 0.6 is 0 Å². The molecule has 29 heavy (non-hydrogen) atoms. The Labute approximate surface area is 172 Å². The van der Waals surface area contributed by atoms with Crippen molar-refractivity contribution in [3.63, 3.8) is 0 Å². The van der Waals surface area contributed by atoms with E-state index in [4.69, 9.17) is 9.47 Å². The molecule has 5 heteroatoms. The van der Waals surface area contributed by atoms with Gasteiger partial charge in [-0.1, -0.05) is 69.0 Å². The zero-order valence-electron chi connectivity index (χ0n) is 17.1. The number of carbonyl (C=O) groups excluding carboxylic acids is 2. The molecule has 1 amide bonds. The van der Waals surface area contributed by atoms with Gasteiger partial charge in [0.15, 0.2) is 6.73 Å². The minimum Gasteiger partial charge on any atom is -0.448 e. The highest BCUT2D eigenvalue weighted by Gasteiger charge is 2.39. The zero-order valence-corrected chi connectivity index (χ0v) is 17.1. The lowest BCUT2D eigenvalue weighted by atomic mass is 9.93. The summed E-state index contributed by atoms with van der Waals surface area (Å²) in [5.74, 6) is -0.256. The third kappa shape index (κ3) is 3.96. The summed E-state index contributed by atoms with van der Waals surface area (Å²) < 4.78 is 10.8. The van der Waals surface area contributed by atoms with Gasteiger partial charge in [-0.3, -0.25) is 4.90 Å². The monoisotopic (exact) mass is 395 g/mol. The molecule has 0 aromatic heterocycles. The molecule has 3 aliphatic rings. The number of benzene rings is 1. The van der Waals surface area contributed by atoms with E-state index in [9.17, 15) is 9.59 Å². The molecule has 1 saturated heterocycles. The number of hydrogen-bond donors (Lipinski definition) is 0. The fourth-order valence-corrected chi connectivity index (χ4v) is 4.62. The molecule has 154 valence electrons. The Kier molecular flexibility index (Phi) is 6.02. The Morgan fingerprint density at radius 2 is 2.10 bits per heavy atom. The number of esters is 1. The predicted molar refractivity (Wildman–Crippen MR) is 111 cm³/mol. The van der Waals surface area contributed by atoms with Gasteiger partial charge in [0.25, 0.3) is 0 Å². The number of hydrogen-bond acceptors (Lipinski definition) is 4. The average Bonchev–Trinajstić information content (AvgIpc) is 3.27. The van der Waals surface area contributed by atoms with Crippen molar-refractivity contribution in [2.45, 2.75) is 63.8 Å². The second kappa shape index (κ2) is 8.85. The van der Waals surface area contributed by atoms with Crippen LogP contribution < -0.4 is 0 Å². The van der Waals surface area contributed by atoms with Crippen molar-refractivity contribution >= 4 is 17.6 Å². The molecule has 0 bridgehead atoms. The van der Waals surface area contributed by atoms with Crippen LogP contribution in [0.3, 0.4) is 0 Å². The van der Waals surface area contributed by atoms with Gasteiger partial charge < -0.3 is 9.47 Å². The van der Waals surface area contributed by atoms with E-state index in [-0.39, 0.29) is 25.2 Å². The third-order valence-electron chi connectivity index (χ3n) is 6.18. The van der Waals surface area contributed by atoms with Gasteiger partial charge in [-0.2, -0.15) is 0 Å². The second-order valence-corrected chi connectivity index (χ2v) is 8.02. The molecule has 2 atom stereocenters. The lowest BCUT2D eigenvalue weighted by Crippen LogP contribution is -2.39. The Balaban J connectivity index is 1.41. The molecule has 0 saturated carbocycles. The van der Waals surface area contributed by atoms with E-state index in [0.29, 0.717) is 6.42 Å². The summed E-state index contributed by atoms with van der Waals surface area (Å²) in [4.78, 5) is 26.3. The van der Waals surface area contributed by atoms with Crippen LogP contribution in [0, 0.1) is 0 Å². The summed E-state index contributed by atoms with van der Waals surface area (Å²) in [5.41, 5.74) is 5.14. The highest BCUT2D eigenvalue weighted by Crippen LogP contribution is 2.46. The largest absolute Gasteiger partial charge is 0.448 e. The minimum absolute atomic E-state index is 0.00872. The minimum atomic E-state index is -0.514. The van der Waals surface area contributed by atoms with Gasteiger partial charge in [-0.25, -0.2) is 9.59 Å². The SMILES string of the molecule is CCCCCC[C@H]1C(=O)OCN1C(=O)OCC1C2=C(CCC=C2)c2ccccc21. The topological polar surface area (TPSA) is 55.8 Å². The molecule has 1 unspecified atom stereocenters. The average molecular weight is 395 g/mol. The molecule has 0 N–H and O–H groups in total. The van der Waals surface area contributed by atoms with E-state index in [1.807, 2.05) is 6.07 Å². The van der Waals surface area contributed by atoms with Gasteiger partial charge in [0.05, 0.1) is 0 Å². The molecule has 1 aromatic carbocycles. The van der Waals surface area contributed by atoms with E-state index in [1.165, 1.54) is 27.2 Å². The van der Waals surface area contributed by atoms with Crippen molar-refractivity contribution in [2.75, 3.05) is 13.3 Å². The quantitative estimate of drug-likeness (QED) is 0.471. The van der Waals surface area contributed by atoms with E-state index < -0.39 is 12.1 Å². The molecule has 1 aliphatic heterocycles. The number of unbranched alkanes of at least 4 members (excludes halogenated alkanes) is 3. The normalized spacial score (nSPS) is 22.5. The first-order chi connectivity index (χ1) is 14.2. The maximum absolute atomic E-state index is 12.8. The Bertz CT molecular complexity index is 841. The molecule has 2 aliphatic carbocycles. The number of fused-ring (bicyclic) bond motifs is 2. The third-order valence-corrected chi connectivity index (χ3v) is 6.18. The number of allylic oxidation sites excluding steroid dienone is 3. The van der Waals surface area contributed by atoms with E-state index >= 15 is 0 Å². The first-order valence-corrected chi connectivity index (χ1v) is 10.8. The molecule has 1 aromatic rings.